The lowest BCUT2D eigenvalue weighted by Crippen LogP contribution is -2.32. The molecule has 1 fully saturated rings. The van der Waals surface area contributed by atoms with E-state index in [0.29, 0.717) is 4.90 Å². The zero-order valence-corrected chi connectivity index (χ0v) is 12.0. The number of hydrogen-bond acceptors (Lipinski definition) is 2. The summed E-state index contributed by atoms with van der Waals surface area (Å²) in [4.78, 5) is 0.444. The van der Waals surface area contributed by atoms with Gasteiger partial charge in [0.05, 0.1) is 4.90 Å². The monoisotopic (exact) mass is 279 g/mol. The lowest BCUT2D eigenvalue weighted by atomic mass is 9.92. The molecule has 2 aliphatic carbocycles. The maximum atomic E-state index is 12.4. The zero-order chi connectivity index (χ0) is 13.3. The third kappa shape index (κ3) is 2.84. The molecule has 4 heteroatoms. The smallest absolute Gasteiger partial charge is 0.208 e. The molecule has 0 heterocycles. The number of sulfonamides is 1. The van der Waals surface area contributed by atoms with E-state index in [2.05, 4.69) is 4.72 Å². The van der Waals surface area contributed by atoms with Crippen molar-refractivity contribution in [1.82, 2.24) is 4.72 Å². The molecule has 3 nitrogen and oxygen atoms in total. The number of fused-ring (bicyclic) bond motifs is 1. The minimum atomic E-state index is -3.33. The normalized spacial score (nSPS) is 20.4. The molecule has 1 N–H and O–H groups in total. The van der Waals surface area contributed by atoms with Crippen LogP contribution in [0.25, 0.3) is 0 Å². The molecule has 0 amide bonds. The van der Waals surface area contributed by atoms with E-state index < -0.39 is 10.0 Å². The highest BCUT2D eigenvalue weighted by Gasteiger charge is 2.23. The van der Waals surface area contributed by atoms with Gasteiger partial charge in [-0.05, 0) is 61.8 Å². The van der Waals surface area contributed by atoms with Gasteiger partial charge in [-0.1, -0.05) is 18.9 Å². The van der Waals surface area contributed by atoms with E-state index >= 15 is 0 Å². The summed E-state index contributed by atoms with van der Waals surface area (Å²) < 4.78 is 27.6. The standard InChI is InChI=1S/C15H21NO2S/c17-19(18,16-14-7-3-4-8-14)15-10-9-12-5-1-2-6-13(12)11-15/h9-11,14,16H,1-8H2. The number of rotatable bonds is 3. The first kappa shape index (κ1) is 13.1. The molecular weight excluding hydrogens is 258 g/mol. The van der Waals surface area contributed by atoms with Gasteiger partial charge in [-0.15, -0.1) is 0 Å². The highest BCUT2D eigenvalue weighted by Crippen LogP contribution is 2.25. The predicted molar refractivity (Wildman–Crippen MR) is 75.7 cm³/mol. The van der Waals surface area contributed by atoms with Gasteiger partial charge in [0.25, 0.3) is 0 Å². The van der Waals surface area contributed by atoms with Gasteiger partial charge in [0.15, 0.2) is 0 Å². The van der Waals surface area contributed by atoms with E-state index in [-0.39, 0.29) is 6.04 Å². The molecule has 0 saturated heterocycles. The first-order valence-corrected chi connectivity index (χ1v) is 8.78. The fourth-order valence-electron chi connectivity index (χ4n) is 3.21. The summed E-state index contributed by atoms with van der Waals surface area (Å²) in [6, 6.07) is 5.78. The summed E-state index contributed by atoms with van der Waals surface area (Å²) in [5.74, 6) is 0. The van der Waals surface area contributed by atoms with Gasteiger partial charge in [0, 0.05) is 6.04 Å². The topological polar surface area (TPSA) is 46.2 Å². The number of benzene rings is 1. The van der Waals surface area contributed by atoms with Gasteiger partial charge in [-0.25, -0.2) is 13.1 Å². The second kappa shape index (κ2) is 5.25. The van der Waals surface area contributed by atoms with Crippen molar-refractivity contribution < 1.29 is 8.42 Å². The Kier molecular flexibility index (Phi) is 3.63. The molecule has 2 aliphatic rings. The van der Waals surface area contributed by atoms with Gasteiger partial charge in [0.1, 0.15) is 0 Å². The third-order valence-electron chi connectivity index (χ3n) is 4.31. The molecule has 104 valence electrons. The van der Waals surface area contributed by atoms with Crippen LogP contribution in [-0.2, 0) is 22.9 Å². The summed E-state index contributed by atoms with van der Waals surface area (Å²) in [6.07, 6.45) is 8.73. The van der Waals surface area contributed by atoms with E-state index in [4.69, 9.17) is 0 Å². The molecule has 0 unspecified atom stereocenters. The van der Waals surface area contributed by atoms with Gasteiger partial charge in [-0.3, -0.25) is 0 Å². The maximum Gasteiger partial charge on any atom is 0.240 e. The molecule has 19 heavy (non-hydrogen) atoms. The van der Waals surface area contributed by atoms with Gasteiger partial charge in [0.2, 0.25) is 10.0 Å². The summed E-state index contributed by atoms with van der Waals surface area (Å²) >= 11 is 0. The van der Waals surface area contributed by atoms with Crippen molar-refractivity contribution in [2.45, 2.75) is 62.3 Å². The highest BCUT2D eigenvalue weighted by molar-refractivity contribution is 7.89. The van der Waals surface area contributed by atoms with Crippen LogP contribution < -0.4 is 4.72 Å². The summed E-state index contributed by atoms with van der Waals surface area (Å²) in [5.41, 5.74) is 2.55. The largest absolute Gasteiger partial charge is 0.240 e. The van der Waals surface area contributed by atoms with Crippen LogP contribution in [0.2, 0.25) is 0 Å². The van der Waals surface area contributed by atoms with Crippen molar-refractivity contribution in [3.63, 3.8) is 0 Å². The molecule has 0 radical (unpaired) electrons. The van der Waals surface area contributed by atoms with Crippen molar-refractivity contribution in [2.75, 3.05) is 0 Å². The molecule has 3 rings (SSSR count). The van der Waals surface area contributed by atoms with E-state index in [1.54, 1.807) is 6.07 Å². The van der Waals surface area contributed by atoms with E-state index in [1.807, 2.05) is 12.1 Å². The fourth-order valence-corrected chi connectivity index (χ4v) is 4.56. The van der Waals surface area contributed by atoms with Crippen molar-refractivity contribution in [3.8, 4) is 0 Å². The SMILES string of the molecule is O=S(=O)(NC1CCCC1)c1ccc2c(c1)CCCC2. The Hall–Kier alpha value is -0.870. The Morgan fingerprint density at radius 1 is 0.947 bits per heavy atom. The lowest BCUT2D eigenvalue weighted by Gasteiger charge is -2.18. The summed E-state index contributed by atoms with van der Waals surface area (Å²) in [6.45, 7) is 0. The van der Waals surface area contributed by atoms with E-state index in [9.17, 15) is 8.42 Å². The Bertz CT molecular complexity index is 560. The Morgan fingerprint density at radius 3 is 2.37 bits per heavy atom. The third-order valence-corrected chi connectivity index (χ3v) is 5.83. The molecular formula is C15H21NO2S. The quantitative estimate of drug-likeness (QED) is 0.924. The summed E-state index contributed by atoms with van der Waals surface area (Å²) in [7, 11) is -3.33. The van der Waals surface area contributed by atoms with Crippen molar-refractivity contribution in [3.05, 3.63) is 29.3 Å². The van der Waals surface area contributed by atoms with Crippen molar-refractivity contribution in [2.24, 2.45) is 0 Å². The lowest BCUT2D eigenvalue weighted by molar-refractivity contribution is 0.552. The van der Waals surface area contributed by atoms with Crippen molar-refractivity contribution >= 4 is 10.0 Å². The van der Waals surface area contributed by atoms with E-state index in [1.165, 1.54) is 24.0 Å². The second-order valence-electron chi connectivity index (χ2n) is 5.74. The maximum absolute atomic E-state index is 12.4. The van der Waals surface area contributed by atoms with Crippen LogP contribution in [0.4, 0.5) is 0 Å². The van der Waals surface area contributed by atoms with Crippen LogP contribution in [0.15, 0.2) is 23.1 Å². The highest BCUT2D eigenvalue weighted by atomic mass is 32.2. The van der Waals surface area contributed by atoms with Crippen LogP contribution in [-0.4, -0.2) is 14.5 Å². The van der Waals surface area contributed by atoms with Crippen LogP contribution in [0.3, 0.4) is 0 Å². The van der Waals surface area contributed by atoms with Gasteiger partial charge < -0.3 is 0 Å². The Morgan fingerprint density at radius 2 is 1.63 bits per heavy atom. The molecule has 0 atom stereocenters. The molecule has 0 aliphatic heterocycles. The van der Waals surface area contributed by atoms with Crippen LogP contribution in [0.1, 0.15) is 49.7 Å². The minimum Gasteiger partial charge on any atom is -0.208 e. The molecule has 1 saturated carbocycles. The predicted octanol–water partition coefficient (Wildman–Crippen LogP) is 2.79. The fraction of sp³-hybridized carbons (Fsp3) is 0.600. The van der Waals surface area contributed by atoms with Crippen molar-refractivity contribution in [1.29, 1.82) is 0 Å². The second-order valence-corrected chi connectivity index (χ2v) is 7.45. The minimum absolute atomic E-state index is 0.140. The van der Waals surface area contributed by atoms with E-state index in [0.717, 1.165) is 38.5 Å². The molecule has 0 bridgehead atoms. The zero-order valence-electron chi connectivity index (χ0n) is 11.2. The Balaban J connectivity index is 1.84. The molecule has 0 aromatic heterocycles. The first-order chi connectivity index (χ1) is 9.15. The number of hydrogen-bond donors (Lipinski definition) is 1. The Labute approximate surface area is 115 Å². The van der Waals surface area contributed by atoms with Crippen LogP contribution in [0, 0.1) is 0 Å². The average Bonchev–Trinajstić information content (AvgIpc) is 2.90. The van der Waals surface area contributed by atoms with Crippen LogP contribution in [0.5, 0.6) is 0 Å². The van der Waals surface area contributed by atoms with Gasteiger partial charge in [-0.2, -0.15) is 0 Å². The molecule has 0 spiro atoms. The van der Waals surface area contributed by atoms with Crippen LogP contribution >= 0.6 is 0 Å². The number of aryl methyl sites for hydroxylation is 2. The molecule has 1 aromatic rings. The number of nitrogens with one attached hydrogen (secondary N) is 1. The average molecular weight is 279 g/mol. The molecule has 1 aromatic carbocycles. The van der Waals surface area contributed by atoms with Gasteiger partial charge >= 0.3 is 0 Å². The first-order valence-electron chi connectivity index (χ1n) is 7.29. The summed E-state index contributed by atoms with van der Waals surface area (Å²) in [5, 5.41) is 0.